The average molecular weight is 509 g/mol. The van der Waals surface area contributed by atoms with E-state index in [2.05, 4.69) is 25.9 Å². The SMILES string of the molecule is Cc1ccc2c(c1)c(NCC(=O)NC1CN([C@H]3CC[C@@H](C4CCCCC4)CC3)C1)nn2C(=O)NC(C)C. The first kappa shape index (κ1) is 26.0. The summed E-state index contributed by atoms with van der Waals surface area (Å²) in [4.78, 5) is 27.9. The fourth-order valence-electron chi connectivity index (χ4n) is 6.71. The summed E-state index contributed by atoms with van der Waals surface area (Å²) in [5, 5.41) is 14.6. The van der Waals surface area contributed by atoms with Crippen molar-refractivity contribution in [2.75, 3.05) is 25.0 Å². The van der Waals surface area contributed by atoms with Crippen LogP contribution >= 0.6 is 0 Å². The first-order chi connectivity index (χ1) is 17.9. The van der Waals surface area contributed by atoms with Crippen molar-refractivity contribution in [3.63, 3.8) is 0 Å². The van der Waals surface area contributed by atoms with E-state index in [4.69, 9.17) is 0 Å². The summed E-state index contributed by atoms with van der Waals surface area (Å²) in [5.41, 5.74) is 1.80. The lowest BCUT2D eigenvalue weighted by Gasteiger charge is -2.47. The van der Waals surface area contributed by atoms with Crippen LogP contribution in [0.3, 0.4) is 0 Å². The van der Waals surface area contributed by atoms with Crippen LogP contribution in [-0.2, 0) is 4.79 Å². The molecule has 0 unspecified atom stereocenters. The van der Waals surface area contributed by atoms with Gasteiger partial charge < -0.3 is 16.0 Å². The number of aromatic nitrogens is 2. The van der Waals surface area contributed by atoms with E-state index < -0.39 is 0 Å². The highest BCUT2D eigenvalue weighted by molar-refractivity contribution is 5.98. The number of anilines is 1. The van der Waals surface area contributed by atoms with Gasteiger partial charge in [0.15, 0.2) is 5.82 Å². The number of hydrogen-bond donors (Lipinski definition) is 3. The lowest BCUT2D eigenvalue weighted by molar-refractivity contribution is -0.121. The molecule has 3 aliphatic rings. The molecule has 0 spiro atoms. The quantitative estimate of drug-likeness (QED) is 0.506. The van der Waals surface area contributed by atoms with Gasteiger partial charge in [-0.3, -0.25) is 9.69 Å². The fraction of sp³-hybridized carbons (Fsp3) is 0.690. The summed E-state index contributed by atoms with van der Waals surface area (Å²) < 4.78 is 1.38. The zero-order valence-corrected chi connectivity index (χ0v) is 22.8. The van der Waals surface area contributed by atoms with Crippen LogP contribution in [0.15, 0.2) is 18.2 Å². The van der Waals surface area contributed by atoms with Gasteiger partial charge in [-0.15, -0.1) is 5.10 Å². The van der Waals surface area contributed by atoms with E-state index in [-0.39, 0.29) is 30.6 Å². The van der Waals surface area contributed by atoms with Crippen LogP contribution in [0, 0.1) is 18.8 Å². The molecule has 0 bridgehead atoms. The molecule has 202 valence electrons. The molecular formula is C29H44N6O2. The number of rotatable bonds is 7. The zero-order chi connectivity index (χ0) is 25.9. The third-order valence-corrected chi connectivity index (χ3v) is 8.71. The van der Waals surface area contributed by atoms with Crippen molar-refractivity contribution < 1.29 is 9.59 Å². The van der Waals surface area contributed by atoms with Crippen LogP contribution < -0.4 is 16.0 Å². The summed E-state index contributed by atoms with van der Waals surface area (Å²) >= 11 is 0. The van der Waals surface area contributed by atoms with Gasteiger partial charge >= 0.3 is 6.03 Å². The van der Waals surface area contributed by atoms with Crippen molar-refractivity contribution in [2.45, 2.75) is 96.7 Å². The minimum absolute atomic E-state index is 0.00774. The predicted octanol–water partition coefficient (Wildman–Crippen LogP) is 4.66. The van der Waals surface area contributed by atoms with E-state index in [9.17, 15) is 9.59 Å². The molecule has 5 rings (SSSR count). The van der Waals surface area contributed by atoms with E-state index >= 15 is 0 Å². The van der Waals surface area contributed by atoms with E-state index in [1.165, 1.54) is 62.5 Å². The molecule has 1 aromatic carbocycles. The van der Waals surface area contributed by atoms with Crippen LogP contribution in [0.5, 0.6) is 0 Å². The standard InChI is InChI=1S/C29H44N6O2/c1-19(2)31-29(37)35-26-14-9-20(3)15-25(26)28(33-35)30-16-27(36)32-23-17-34(18-23)24-12-10-22(11-13-24)21-7-5-4-6-8-21/h9,14-15,19,21-24H,4-8,10-13,16-18H2,1-3H3,(H,30,33)(H,31,37)(H,32,36)/t22-,24+. The van der Waals surface area contributed by atoms with Gasteiger partial charge in [0.25, 0.3) is 0 Å². The van der Waals surface area contributed by atoms with Gasteiger partial charge in [-0.05, 0) is 70.4 Å². The van der Waals surface area contributed by atoms with E-state index in [1.807, 2.05) is 39.0 Å². The third kappa shape index (κ3) is 6.11. The van der Waals surface area contributed by atoms with Gasteiger partial charge in [-0.2, -0.15) is 4.68 Å². The van der Waals surface area contributed by atoms with E-state index in [0.29, 0.717) is 11.9 Å². The lowest BCUT2D eigenvalue weighted by atomic mass is 9.72. The van der Waals surface area contributed by atoms with Crippen LogP contribution in [0.2, 0.25) is 0 Å². The highest BCUT2D eigenvalue weighted by Crippen LogP contribution is 2.39. The van der Waals surface area contributed by atoms with E-state index in [1.54, 1.807) is 0 Å². The molecule has 0 atom stereocenters. The maximum absolute atomic E-state index is 12.7. The Kier molecular flexibility index (Phi) is 8.03. The molecule has 1 aromatic heterocycles. The molecular weight excluding hydrogens is 464 g/mol. The van der Waals surface area contributed by atoms with Crippen molar-refractivity contribution in [3.8, 4) is 0 Å². The lowest BCUT2D eigenvalue weighted by Crippen LogP contribution is -2.63. The molecule has 37 heavy (non-hydrogen) atoms. The third-order valence-electron chi connectivity index (χ3n) is 8.71. The monoisotopic (exact) mass is 508 g/mol. The second-order valence-electron chi connectivity index (χ2n) is 11.9. The molecule has 3 fully saturated rings. The highest BCUT2D eigenvalue weighted by atomic mass is 16.2. The summed E-state index contributed by atoms with van der Waals surface area (Å²) in [5.74, 6) is 2.46. The number of nitrogens with one attached hydrogen (secondary N) is 3. The number of fused-ring (bicyclic) bond motifs is 1. The Morgan fingerprint density at radius 2 is 1.70 bits per heavy atom. The number of likely N-dealkylation sites (tertiary alicyclic amines) is 1. The van der Waals surface area contributed by atoms with Crippen molar-refractivity contribution in [1.29, 1.82) is 0 Å². The topological polar surface area (TPSA) is 91.3 Å². The zero-order valence-electron chi connectivity index (χ0n) is 22.8. The molecule has 2 aromatic rings. The van der Waals surface area contributed by atoms with Gasteiger partial charge in [-0.25, -0.2) is 4.79 Å². The van der Waals surface area contributed by atoms with Crippen LogP contribution in [0.25, 0.3) is 10.9 Å². The normalized spacial score (nSPS) is 23.7. The summed E-state index contributed by atoms with van der Waals surface area (Å²) in [6, 6.07) is 6.50. The number of aryl methyl sites for hydroxylation is 1. The van der Waals surface area contributed by atoms with Gasteiger partial charge in [0.2, 0.25) is 5.91 Å². The first-order valence-corrected chi connectivity index (χ1v) is 14.4. The molecule has 0 radical (unpaired) electrons. The second kappa shape index (κ2) is 11.4. The maximum Gasteiger partial charge on any atom is 0.342 e. The Morgan fingerprint density at radius 3 is 2.41 bits per heavy atom. The van der Waals surface area contributed by atoms with Crippen molar-refractivity contribution in [3.05, 3.63) is 23.8 Å². The van der Waals surface area contributed by atoms with Gasteiger partial charge in [0, 0.05) is 30.6 Å². The molecule has 2 aliphatic carbocycles. The predicted molar refractivity (Wildman–Crippen MR) is 148 cm³/mol. The average Bonchev–Trinajstić information content (AvgIpc) is 3.23. The first-order valence-electron chi connectivity index (χ1n) is 14.4. The Morgan fingerprint density at radius 1 is 1.00 bits per heavy atom. The Labute approximate surface area is 220 Å². The molecule has 1 saturated heterocycles. The Hall–Kier alpha value is -2.61. The number of nitrogens with zero attached hydrogens (tertiary/aromatic N) is 3. The minimum atomic E-state index is -0.274. The number of carbonyl (C=O) groups is 2. The van der Waals surface area contributed by atoms with Crippen molar-refractivity contribution in [1.82, 2.24) is 25.3 Å². The molecule has 8 heteroatoms. The molecule has 1 aliphatic heterocycles. The van der Waals surface area contributed by atoms with Crippen LogP contribution in [0.4, 0.5) is 10.6 Å². The molecule has 8 nitrogen and oxygen atoms in total. The molecule has 3 N–H and O–H groups in total. The molecule has 2 heterocycles. The minimum Gasteiger partial charge on any atom is -0.359 e. The Balaban J connectivity index is 1.08. The van der Waals surface area contributed by atoms with Crippen LogP contribution in [-0.4, -0.2) is 64.4 Å². The number of carbonyl (C=O) groups excluding carboxylic acids is 2. The fourth-order valence-corrected chi connectivity index (χ4v) is 6.71. The maximum atomic E-state index is 12.7. The van der Waals surface area contributed by atoms with Gasteiger partial charge in [0.1, 0.15) is 0 Å². The van der Waals surface area contributed by atoms with Crippen molar-refractivity contribution in [2.24, 2.45) is 11.8 Å². The largest absolute Gasteiger partial charge is 0.359 e. The van der Waals surface area contributed by atoms with E-state index in [0.717, 1.165) is 41.4 Å². The number of hydrogen-bond acceptors (Lipinski definition) is 5. The summed E-state index contributed by atoms with van der Waals surface area (Å²) in [6.07, 6.45) is 12.7. The number of benzene rings is 1. The second-order valence-corrected chi connectivity index (χ2v) is 11.9. The number of amides is 2. The van der Waals surface area contributed by atoms with Crippen LogP contribution in [0.1, 0.15) is 77.2 Å². The Bertz CT molecular complexity index is 1090. The molecule has 2 saturated carbocycles. The summed E-state index contributed by atoms with van der Waals surface area (Å²) in [6.45, 7) is 7.89. The highest BCUT2D eigenvalue weighted by Gasteiger charge is 2.36. The van der Waals surface area contributed by atoms with Gasteiger partial charge in [0.05, 0.1) is 18.1 Å². The smallest absolute Gasteiger partial charge is 0.342 e. The molecule has 2 amide bonds. The van der Waals surface area contributed by atoms with Crippen molar-refractivity contribution >= 4 is 28.7 Å². The summed E-state index contributed by atoms with van der Waals surface area (Å²) in [7, 11) is 0. The van der Waals surface area contributed by atoms with Gasteiger partial charge in [-0.1, -0.05) is 43.7 Å².